The molecule has 0 heterocycles. The summed E-state index contributed by atoms with van der Waals surface area (Å²) in [7, 11) is 0. The van der Waals surface area contributed by atoms with Crippen molar-refractivity contribution in [3.05, 3.63) is 12.2 Å². The van der Waals surface area contributed by atoms with E-state index in [1.165, 1.54) is 0 Å². The van der Waals surface area contributed by atoms with E-state index in [-0.39, 0.29) is 12.3 Å². The van der Waals surface area contributed by atoms with Crippen LogP contribution < -0.4 is 5.73 Å². The third kappa shape index (κ3) is 1.89. The third-order valence-corrected chi connectivity index (χ3v) is 1.01. The lowest BCUT2D eigenvalue weighted by Gasteiger charge is -1.94. The van der Waals surface area contributed by atoms with Gasteiger partial charge in [-0.25, -0.2) is 0 Å². The van der Waals surface area contributed by atoms with Crippen LogP contribution in [0.15, 0.2) is 12.2 Å². The summed E-state index contributed by atoms with van der Waals surface area (Å²) >= 11 is 0. The van der Waals surface area contributed by atoms with E-state index in [1.54, 1.807) is 0 Å². The van der Waals surface area contributed by atoms with Crippen molar-refractivity contribution in [1.82, 2.24) is 0 Å². The van der Waals surface area contributed by atoms with Crippen molar-refractivity contribution in [2.75, 3.05) is 6.54 Å². The molecule has 0 bridgehead atoms. The first-order chi connectivity index (χ1) is 3.72. The van der Waals surface area contributed by atoms with Crippen molar-refractivity contribution in [1.29, 1.82) is 0 Å². The minimum absolute atomic E-state index is 0.0347. The summed E-state index contributed by atoms with van der Waals surface area (Å²) in [5.74, 6) is -0.0347. The molecule has 0 saturated heterocycles. The molecular formula is C6H11NO. The van der Waals surface area contributed by atoms with Gasteiger partial charge in [0.1, 0.15) is 0 Å². The minimum Gasteiger partial charge on any atom is -0.324 e. The van der Waals surface area contributed by atoms with Crippen LogP contribution in [0, 0.1) is 0 Å². The monoisotopic (exact) mass is 113 g/mol. The molecule has 0 aliphatic rings. The van der Waals surface area contributed by atoms with Crippen molar-refractivity contribution in [2.45, 2.75) is 13.3 Å². The lowest BCUT2D eigenvalue weighted by atomic mass is 10.1. The molecule has 0 amide bonds. The summed E-state index contributed by atoms with van der Waals surface area (Å²) in [4.78, 5) is 10.5. The largest absolute Gasteiger partial charge is 0.324 e. The second kappa shape index (κ2) is 3.38. The number of rotatable bonds is 3. The summed E-state index contributed by atoms with van der Waals surface area (Å²) in [6.07, 6.45) is 0.704. The highest BCUT2D eigenvalue weighted by atomic mass is 16.1. The average Bonchev–Trinajstić information content (AvgIpc) is 1.84. The van der Waals surface area contributed by atoms with E-state index in [2.05, 4.69) is 6.58 Å². The summed E-state index contributed by atoms with van der Waals surface area (Å²) in [5.41, 5.74) is 5.66. The average molecular weight is 113 g/mol. The maximum atomic E-state index is 10.5. The van der Waals surface area contributed by atoms with Gasteiger partial charge in [-0.3, -0.25) is 4.79 Å². The molecule has 0 saturated carbocycles. The SMILES string of the molecule is C=C(CC)C(=O)CN. The van der Waals surface area contributed by atoms with Gasteiger partial charge in [-0.2, -0.15) is 0 Å². The summed E-state index contributed by atoms with van der Waals surface area (Å²) in [6.45, 7) is 5.49. The van der Waals surface area contributed by atoms with Crippen LogP contribution in [0.5, 0.6) is 0 Å². The standard InChI is InChI=1S/C6H11NO/c1-3-5(2)6(8)4-7/h2-4,7H2,1H3. The number of ketones is 1. The van der Waals surface area contributed by atoms with E-state index in [9.17, 15) is 4.79 Å². The Kier molecular flexibility index (Phi) is 3.12. The normalized spacial score (nSPS) is 8.75. The molecule has 46 valence electrons. The smallest absolute Gasteiger partial charge is 0.171 e. The van der Waals surface area contributed by atoms with E-state index < -0.39 is 0 Å². The predicted octanol–water partition coefficient (Wildman–Crippen LogP) is 0.480. The fourth-order valence-electron chi connectivity index (χ4n) is 0.342. The van der Waals surface area contributed by atoms with Crippen LogP contribution in [0.3, 0.4) is 0 Å². The summed E-state index contributed by atoms with van der Waals surface area (Å²) in [5, 5.41) is 0. The molecule has 0 atom stereocenters. The number of hydrogen-bond donors (Lipinski definition) is 1. The Hall–Kier alpha value is -0.630. The molecule has 0 radical (unpaired) electrons. The van der Waals surface area contributed by atoms with Crippen molar-refractivity contribution < 1.29 is 4.79 Å². The molecule has 2 N–H and O–H groups in total. The zero-order valence-electron chi connectivity index (χ0n) is 5.11. The highest BCUT2D eigenvalue weighted by molar-refractivity contribution is 5.95. The molecular weight excluding hydrogens is 102 g/mol. The van der Waals surface area contributed by atoms with Crippen LogP contribution in [0.25, 0.3) is 0 Å². The molecule has 0 unspecified atom stereocenters. The van der Waals surface area contributed by atoms with Gasteiger partial charge in [0.05, 0.1) is 6.54 Å². The Morgan fingerprint density at radius 3 is 2.38 bits per heavy atom. The van der Waals surface area contributed by atoms with Crippen LogP contribution in [0.1, 0.15) is 13.3 Å². The van der Waals surface area contributed by atoms with Gasteiger partial charge in [0.25, 0.3) is 0 Å². The molecule has 0 spiro atoms. The zero-order valence-corrected chi connectivity index (χ0v) is 5.11. The molecule has 0 aromatic heterocycles. The molecule has 2 nitrogen and oxygen atoms in total. The molecule has 0 aromatic rings. The number of Topliss-reactive ketones (excluding diaryl/α,β-unsaturated/α-hetero) is 1. The van der Waals surface area contributed by atoms with Gasteiger partial charge >= 0.3 is 0 Å². The van der Waals surface area contributed by atoms with Gasteiger partial charge in [0.2, 0.25) is 0 Å². The maximum absolute atomic E-state index is 10.5. The van der Waals surface area contributed by atoms with Gasteiger partial charge in [-0.05, 0) is 12.0 Å². The van der Waals surface area contributed by atoms with Crippen LogP contribution in [-0.4, -0.2) is 12.3 Å². The third-order valence-electron chi connectivity index (χ3n) is 1.01. The first kappa shape index (κ1) is 7.37. The van der Waals surface area contributed by atoms with E-state index >= 15 is 0 Å². The second-order valence-corrected chi connectivity index (χ2v) is 1.58. The van der Waals surface area contributed by atoms with Gasteiger partial charge in [-0.15, -0.1) is 0 Å². The van der Waals surface area contributed by atoms with E-state index in [0.29, 0.717) is 12.0 Å². The van der Waals surface area contributed by atoms with Crippen LogP contribution in [-0.2, 0) is 4.79 Å². The van der Waals surface area contributed by atoms with Gasteiger partial charge in [0, 0.05) is 0 Å². The first-order valence-corrected chi connectivity index (χ1v) is 2.63. The summed E-state index contributed by atoms with van der Waals surface area (Å²) < 4.78 is 0. The Morgan fingerprint density at radius 1 is 1.75 bits per heavy atom. The Labute approximate surface area is 49.4 Å². The van der Waals surface area contributed by atoms with Crippen molar-refractivity contribution in [2.24, 2.45) is 5.73 Å². The molecule has 8 heavy (non-hydrogen) atoms. The maximum Gasteiger partial charge on any atom is 0.171 e. The molecule has 0 fully saturated rings. The minimum atomic E-state index is -0.0347. The Balaban J connectivity index is 3.64. The van der Waals surface area contributed by atoms with Crippen molar-refractivity contribution in [3.8, 4) is 0 Å². The topological polar surface area (TPSA) is 43.1 Å². The molecule has 0 aliphatic heterocycles. The van der Waals surface area contributed by atoms with Crippen LogP contribution >= 0.6 is 0 Å². The van der Waals surface area contributed by atoms with Gasteiger partial charge < -0.3 is 5.73 Å². The van der Waals surface area contributed by atoms with Crippen molar-refractivity contribution >= 4 is 5.78 Å². The number of hydrogen-bond acceptors (Lipinski definition) is 2. The Morgan fingerprint density at radius 2 is 2.25 bits per heavy atom. The molecule has 0 aliphatic carbocycles. The fraction of sp³-hybridized carbons (Fsp3) is 0.500. The van der Waals surface area contributed by atoms with Gasteiger partial charge in [0.15, 0.2) is 5.78 Å². The highest BCUT2D eigenvalue weighted by Crippen LogP contribution is 1.94. The molecule has 2 heteroatoms. The first-order valence-electron chi connectivity index (χ1n) is 2.63. The molecule has 0 rings (SSSR count). The van der Waals surface area contributed by atoms with Crippen LogP contribution in [0.2, 0.25) is 0 Å². The second-order valence-electron chi connectivity index (χ2n) is 1.58. The van der Waals surface area contributed by atoms with E-state index in [1.807, 2.05) is 6.92 Å². The number of carbonyl (C=O) groups excluding carboxylic acids is 1. The van der Waals surface area contributed by atoms with Crippen molar-refractivity contribution in [3.63, 3.8) is 0 Å². The lowest BCUT2D eigenvalue weighted by molar-refractivity contribution is -0.114. The predicted molar refractivity (Wildman–Crippen MR) is 33.5 cm³/mol. The van der Waals surface area contributed by atoms with E-state index in [4.69, 9.17) is 5.73 Å². The van der Waals surface area contributed by atoms with Crippen LogP contribution in [0.4, 0.5) is 0 Å². The number of carbonyl (C=O) groups is 1. The lowest BCUT2D eigenvalue weighted by Crippen LogP contribution is -2.14. The highest BCUT2D eigenvalue weighted by Gasteiger charge is 1.98. The number of nitrogens with two attached hydrogens (primary N) is 1. The Bertz CT molecular complexity index is 93.1. The quantitative estimate of drug-likeness (QED) is 0.541. The fourth-order valence-corrected chi connectivity index (χ4v) is 0.342. The molecule has 0 aromatic carbocycles. The zero-order chi connectivity index (χ0) is 6.57. The summed E-state index contributed by atoms with van der Waals surface area (Å²) in [6, 6.07) is 0. The van der Waals surface area contributed by atoms with E-state index in [0.717, 1.165) is 0 Å². The van der Waals surface area contributed by atoms with Gasteiger partial charge in [-0.1, -0.05) is 13.5 Å².